The molecular weight excluding hydrogens is 383 g/mol. The Hall–Kier alpha value is -2.49. The summed E-state index contributed by atoms with van der Waals surface area (Å²) in [5, 5.41) is 0. The van der Waals surface area contributed by atoms with Crippen LogP contribution >= 0.6 is 0 Å². The number of anilines is 1. The summed E-state index contributed by atoms with van der Waals surface area (Å²) in [5.74, 6) is 0.472. The second-order valence-corrected chi connectivity index (χ2v) is 8.39. The highest BCUT2D eigenvalue weighted by Gasteiger charge is 2.21. The predicted molar refractivity (Wildman–Crippen MR) is 104 cm³/mol. The molecule has 0 spiro atoms. The van der Waals surface area contributed by atoms with Crippen LogP contribution in [-0.4, -0.2) is 49.7 Å². The van der Waals surface area contributed by atoms with Gasteiger partial charge < -0.3 is 9.30 Å². The molecule has 3 aromatic rings. The van der Waals surface area contributed by atoms with E-state index < -0.39 is 15.8 Å². The van der Waals surface area contributed by atoms with Gasteiger partial charge in [0.2, 0.25) is 0 Å². The lowest BCUT2D eigenvalue weighted by Crippen LogP contribution is -2.35. The molecule has 1 aliphatic rings. The number of hydrogen-bond donors (Lipinski definition) is 1. The second-order valence-electron chi connectivity index (χ2n) is 6.71. The normalized spacial score (nSPS) is 14.9. The van der Waals surface area contributed by atoms with E-state index >= 15 is 0 Å². The molecule has 2 aromatic carbocycles. The summed E-state index contributed by atoms with van der Waals surface area (Å²) in [6, 6.07) is 10.0. The van der Waals surface area contributed by atoms with Gasteiger partial charge in [0.05, 0.1) is 34.8 Å². The summed E-state index contributed by atoms with van der Waals surface area (Å²) >= 11 is 0. The zero-order valence-corrected chi connectivity index (χ0v) is 16.2. The van der Waals surface area contributed by atoms with Gasteiger partial charge in [0.15, 0.2) is 0 Å². The summed E-state index contributed by atoms with van der Waals surface area (Å²) in [6.45, 7) is 4.00. The van der Waals surface area contributed by atoms with Crippen molar-refractivity contribution in [1.29, 1.82) is 0 Å². The van der Waals surface area contributed by atoms with Crippen LogP contribution in [0, 0.1) is 5.82 Å². The molecule has 0 fully saturated rings. The summed E-state index contributed by atoms with van der Waals surface area (Å²) in [5.41, 5.74) is 2.14. The lowest BCUT2D eigenvalue weighted by molar-refractivity contribution is 0.130. The van der Waals surface area contributed by atoms with E-state index in [1.807, 2.05) is 6.07 Å². The predicted octanol–water partition coefficient (Wildman–Crippen LogP) is 2.44. The first-order valence-corrected chi connectivity index (χ1v) is 10.4. The third-order valence-corrected chi connectivity index (χ3v) is 6.22. The summed E-state index contributed by atoms with van der Waals surface area (Å²) in [6.07, 6.45) is 0. The molecule has 0 saturated heterocycles. The fraction of sp³-hybridized carbons (Fsp3) is 0.316. The molecule has 0 radical (unpaired) electrons. The molecule has 0 unspecified atom stereocenters. The number of hydrogen-bond acceptors (Lipinski definition) is 5. The molecule has 0 bridgehead atoms. The first kappa shape index (κ1) is 18.9. The average Bonchev–Trinajstić information content (AvgIpc) is 3.03. The van der Waals surface area contributed by atoms with Gasteiger partial charge in [0.1, 0.15) is 11.6 Å². The number of fused-ring (bicyclic) bond motifs is 3. The van der Waals surface area contributed by atoms with Crippen LogP contribution in [0.1, 0.15) is 5.82 Å². The largest absolute Gasteiger partial charge is 0.383 e. The minimum Gasteiger partial charge on any atom is -0.383 e. The molecule has 7 nitrogen and oxygen atoms in total. The topological polar surface area (TPSA) is 76.5 Å². The maximum atomic E-state index is 13.0. The molecule has 0 atom stereocenters. The van der Waals surface area contributed by atoms with Gasteiger partial charge >= 0.3 is 0 Å². The first-order valence-electron chi connectivity index (χ1n) is 8.95. The van der Waals surface area contributed by atoms with Gasteiger partial charge in [-0.05, 0) is 42.5 Å². The van der Waals surface area contributed by atoms with Crippen LogP contribution in [0.5, 0.6) is 0 Å². The molecule has 0 aliphatic carbocycles. The molecule has 0 amide bonds. The Morgan fingerprint density at radius 1 is 1.18 bits per heavy atom. The SMILES string of the molecule is COCCN1CCn2c(nc3cc(NS(=O)(=O)c4ccc(F)cc4)ccc32)C1. The van der Waals surface area contributed by atoms with E-state index in [1.54, 1.807) is 19.2 Å². The number of ether oxygens (including phenoxy) is 1. The number of methoxy groups -OCH3 is 1. The van der Waals surface area contributed by atoms with Crippen LogP contribution in [0.3, 0.4) is 0 Å². The van der Waals surface area contributed by atoms with Crippen molar-refractivity contribution in [3.05, 3.63) is 54.1 Å². The minimum absolute atomic E-state index is 0.00640. The Balaban J connectivity index is 1.58. The smallest absolute Gasteiger partial charge is 0.261 e. The molecule has 2 heterocycles. The van der Waals surface area contributed by atoms with Crippen LogP contribution in [0.25, 0.3) is 11.0 Å². The van der Waals surface area contributed by atoms with Crippen molar-refractivity contribution in [3.63, 3.8) is 0 Å². The minimum atomic E-state index is -3.79. The van der Waals surface area contributed by atoms with E-state index in [9.17, 15) is 12.8 Å². The van der Waals surface area contributed by atoms with Crippen LogP contribution in [0.2, 0.25) is 0 Å². The van der Waals surface area contributed by atoms with Crippen LogP contribution < -0.4 is 4.72 Å². The molecule has 28 heavy (non-hydrogen) atoms. The van der Waals surface area contributed by atoms with E-state index in [4.69, 9.17) is 4.74 Å². The third-order valence-electron chi connectivity index (χ3n) is 4.82. The van der Waals surface area contributed by atoms with Crippen molar-refractivity contribution in [3.8, 4) is 0 Å². The molecule has 1 aromatic heterocycles. The average molecular weight is 404 g/mol. The van der Waals surface area contributed by atoms with Crippen LogP contribution in [-0.2, 0) is 27.8 Å². The number of sulfonamides is 1. The number of aromatic nitrogens is 2. The number of nitrogens with zero attached hydrogens (tertiary/aromatic N) is 3. The zero-order valence-electron chi connectivity index (χ0n) is 15.4. The molecule has 0 saturated carbocycles. The van der Waals surface area contributed by atoms with Crippen molar-refractivity contribution in [1.82, 2.24) is 14.5 Å². The van der Waals surface area contributed by atoms with Crippen molar-refractivity contribution in [2.75, 3.05) is 31.5 Å². The summed E-state index contributed by atoms with van der Waals surface area (Å²) in [7, 11) is -2.11. The maximum absolute atomic E-state index is 13.0. The Morgan fingerprint density at radius 2 is 1.96 bits per heavy atom. The Morgan fingerprint density at radius 3 is 2.71 bits per heavy atom. The van der Waals surface area contributed by atoms with Crippen LogP contribution in [0.4, 0.5) is 10.1 Å². The van der Waals surface area contributed by atoms with Crippen molar-refractivity contribution in [2.24, 2.45) is 0 Å². The van der Waals surface area contributed by atoms with E-state index in [-0.39, 0.29) is 4.90 Å². The zero-order chi connectivity index (χ0) is 19.7. The van der Waals surface area contributed by atoms with E-state index in [2.05, 4.69) is 19.2 Å². The Bertz CT molecular complexity index is 1100. The van der Waals surface area contributed by atoms with Gasteiger partial charge in [-0.3, -0.25) is 9.62 Å². The standard InChI is InChI=1S/C19H21FN4O3S/c1-27-11-10-23-8-9-24-18-7-4-15(12-17(18)21-19(24)13-23)22-28(25,26)16-5-2-14(20)3-6-16/h2-7,12,22H,8-11,13H2,1H3. The van der Waals surface area contributed by atoms with Gasteiger partial charge in [-0.15, -0.1) is 0 Å². The molecule has 1 N–H and O–H groups in total. The number of rotatable bonds is 6. The molecule has 9 heteroatoms. The molecule has 1 aliphatic heterocycles. The molecular formula is C19H21FN4O3S. The fourth-order valence-corrected chi connectivity index (χ4v) is 4.42. The van der Waals surface area contributed by atoms with Gasteiger partial charge in [0, 0.05) is 26.7 Å². The molecule has 4 rings (SSSR count). The third kappa shape index (κ3) is 3.73. The van der Waals surface area contributed by atoms with Gasteiger partial charge in [-0.25, -0.2) is 17.8 Å². The molecule has 148 valence electrons. The number of benzene rings is 2. The van der Waals surface area contributed by atoms with Gasteiger partial charge in [-0.2, -0.15) is 0 Å². The Kier molecular flexibility index (Phi) is 5.05. The maximum Gasteiger partial charge on any atom is 0.261 e. The van der Waals surface area contributed by atoms with Crippen molar-refractivity contribution < 1.29 is 17.5 Å². The highest BCUT2D eigenvalue weighted by molar-refractivity contribution is 7.92. The van der Waals surface area contributed by atoms with E-state index in [0.717, 1.165) is 55.2 Å². The number of halogens is 1. The van der Waals surface area contributed by atoms with E-state index in [1.165, 1.54) is 12.1 Å². The highest BCUT2D eigenvalue weighted by Crippen LogP contribution is 2.25. The van der Waals surface area contributed by atoms with E-state index in [0.29, 0.717) is 12.3 Å². The lowest BCUT2D eigenvalue weighted by atomic mass is 10.3. The number of nitrogens with one attached hydrogen (secondary N) is 1. The van der Waals surface area contributed by atoms with Gasteiger partial charge in [-0.1, -0.05) is 0 Å². The van der Waals surface area contributed by atoms with Crippen LogP contribution in [0.15, 0.2) is 47.4 Å². The highest BCUT2D eigenvalue weighted by atomic mass is 32.2. The van der Waals surface area contributed by atoms with Gasteiger partial charge in [0.25, 0.3) is 10.0 Å². The summed E-state index contributed by atoms with van der Waals surface area (Å²) < 4.78 is 47.9. The quantitative estimate of drug-likeness (QED) is 0.683. The van der Waals surface area contributed by atoms with Crippen molar-refractivity contribution >= 4 is 26.7 Å². The Labute approximate surface area is 162 Å². The fourth-order valence-electron chi connectivity index (χ4n) is 3.37. The first-order chi connectivity index (χ1) is 13.5. The number of imidazole rings is 1. The summed E-state index contributed by atoms with van der Waals surface area (Å²) in [4.78, 5) is 6.97. The monoisotopic (exact) mass is 404 g/mol. The second kappa shape index (κ2) is 7.50. The lowest BCUT2D eigenvalue weighted by Gasteiger charge is -2.27. The van der Waals surface area contributed by atoms with Crippen molar-refractivity contribution in [2.45, 2.75) is 18.0 Å².